The van der Waals surface area contributed by atoms with Gasteiger partial charge in [0.05, 0.1) is 6.42 Å². The zero-order chi connectivity index (χ0) is 12.7. The number of carboxylic acid groups (broad SMARTS) is 1. The molecule has 1 atom stereocenters. The van der Waals surface area contributed by atoms with Crippen molar-refractivity contribution >= 4 is 11.9 Å². The number of unbranched alkanes of at least 4 members (excludes halogenated alkanes) is 3. The highest BCUT2D eigenvalue weighted by molar-refractivity contribution is 5.78. The molecule has 1 unspecified atom stereocenters. The highest BCUT2D eigenvalue weighted by Gasteiger charge is 2.29. The minimum absolute atomic E-state index is 0.0637. The second-order valence-corrected chi connectivity index (χ2v) is 4.79. The van der Waals surface area contributed by atoms with Crippen LogP contribution in [0.25, 0.3) is 0 Å². The van der Waals surface area contributed by atoms with Crippen LogP contribution < -0.4 is 0 Å². The van der Waals surface area contributed by atoms with E-state index in [4.69, 9.17) is 5.11 Å². The zero-order valence-corrected chi connectivity index (χ0v) is 10.7. The van der Waals surface area contributed by atoms with Gasteiger partial charge in [-0.1, -0.05) is 26.2 Å². The van der Waals surface area contributed by atoms with Gasteiger partial charge in [0, 0.05) is 19.0 Å². The van der Waals surface area contributed by atoms with Crippen molar-refractivity contribution in [1.29, 1.82) is 0 Å². The van der Waals surface area contributed by atoms with Crippen molar-refractivity contribution in [2.24, 2.45) is 0 Å². The Hall–Kier alpha value is -1.06. The summed E-state index contributed by atoms with van der Waals surface area (Å²) in [4.78, 5) is 24.4. The van der Waals surface area contributed by atoms with Crippen LogP contribution in [0.3, 0.4) is 0 Å². The van der Waals surface area contributed by atoms with E-state index in [1.54, 1.807) is 4.90 Å². The van der Waals surface area contributed by atoms with E-state index < -0.39 is 5.97 Å². The Morgan fingerprint density at radius 1 is 1.29 bits per heavy atom. The molecule has 1 N–H and O–H groups in total. The Kier molecular flexibility index (Phi) is 6.01. The minimum atomic E-state index is -0.805. The molecule has 1 aliphatic rings. The third-order valence-corrected chi connectivity index (χ3v) is 3.35. The number of rotatable bonds is 7. The van der Waals surface area contributed by atoms with E-state index in [-0.39, 0.29) is 18.4 Å². The Labute approximate surface area is 103 Å². The first-order valence-electron chi connectivity index (χ1n) is 6.66. The van der Waals surface area contributed by atoms with E-state index >= 15 is 0 Å². The molecule has 4 nitrogen and oxygen atoms in total. The molecule has 0 radical (unpaired) electrons. The highest BCUT2D eigenvalue weighted by Crippen LogP contribution is 2.21. The molecule has 1 amide bonds. The monoisotopic (exact) mass is 241 g/mol. The van der Waals surface area contributed by atoms with Gasteiger partial charge in [-0.25, -0.2) is 0 Å². The highest BCUT2D eigenvalue weighted by atomic mass is 16.4. The molecule has 0 bridgehead atoms. The second kappa shape index (κ2) is 7.30. The summed E-state index contributed by atoms with van der Waals surface area (Å²) < 4.78 is 0. The quantitative estimate of drug-likeness (QED) is 0.696. The molecular formula is C13H23NO3. The fourth-order valence-electron chi connectivity index (χ4n) is 2.42. The number of hydrogen-bond donors (Lipinski definition) is 1. The van der Waals surface area contributed by atoms with Crippen LogP contribution >= 0.6 is 0 Å². The van der Waals surface area contributed by atoms with Crippen LogP contribution in [-0.4, -0.2) is 34.5 Å². The van der Waals surface area contributed by atoms with Gasteiger partial charge in [0.15, 0.2) is 0 Å². The van der Waals surface area contributed by atoms with Gasteiger partial charge in [0.1, 0.15) is 0 Å². The van der Waals surface area contributed by atoms with E-state index in [0.717, 1.165) is 32.2 Å². The predicted octanol–water partition coefficient (Wildman–Crippen LogP) is 2.42. The largest absolute Gasteiger partial charge is 0.481 e. The van der Waals surface area contributed by atoms with E-state index in [2.05, 4.69) is 6.92 Å². The first-order valence-corrected chi connectivity index (χ1v) is 6.66. The van der Waals surface area contributed by atoms with E-state index in [9.17, 15) is 9.59 Å². The average Bonchev–Trinajstić information content (AvgIpc) is 2.71. The Balaban J connectivity index is 2.31. The summed E-state index contributed by atoms with van der Waals surface area (Å²) in [5, 5.41) is 8.78. The molecule has 1 saturated heterocycles. The lowest BCUT2D eigenvalue weighted by Gasteiger charge is -2.23. The normalized spacial score (nSPS) is 19.6. The molecule has 17 heavy (non-hydrogen) atoms. The van der Waals surface area contributed by atoms with Crippen LogP contribution in [0.5, 0.6) is 0 Å². The first kappa shape index (κ1) is 14.0. The number of amides is 1. The predicted molar refractivity (Wildman–Crippen MR) is 65.7 cm³/mol. The Bertz CT molecular complexity index is 265. The minimum Gasteiger partial charge on any atom is -0.481 e. The van der Waals surface area contributed by atoms with Crippen LogP contribution in [0, 0.1) is 0 Å². The summed E-state index contributed by atoms with van der Waals surface area (Å²) in [5.41, 5.74) is 0. The van der Waals surface area contributed by atoms with Gasteiger partial charge in [0.25, 0.3) is 0 Å². The number of carbonyl (C=O) groups excluding carboxylic acids is 1. The number of carbonyl (C=O) groups is 2. The number of nitrogens with zero attached hydrogens (tertiary/aromatic N) is 1. The molecule has 0 aromatic carbocycles. The third kappa shape index (κ3) is 4.75. The van der Waals surface area contributed by atoms with Gasteiger partial charge in [-0.3, -0.25) is 9.59 Å². The molecule has 1 rings (SSSR count). The maximum absolute atomic E-state index is 11.9. The van der Waals surface area contributed by atoms with Crippen LogP contribution in [0.1, 0.15) is 58.3 Å². The molecule has 0 aromatic rings. The van der Waals surface area contributed by atoms with Crippen LogP contribution in [0.4, 0.5) is 0 Å². The molecule has 1 aliphatic heterocycles. The van der Waals surface area contributed by atoms with Crippen molar-refractivity contribution < 1.29 is 14.7 Å². The summed E-state index contributed by atoms with van der Waals surface area (Å²) in [6.45, 7) is 2.88. The number of carboxylic acids is 1. The summed E-state index contributed by atoms with van der Waals surface area (Å²) in [6, 6.07) is -0.0637. The zero-order valence-electron chi connectivity index (χ0n) is 10.7. The van der Waals surface area contributed by atoms with Gasteiger partial charge >= 0.3 is 5.97 Å². The lowest BCUT2D eigenvalue weighted by Crippen LogP contribution is -2.36. The molecule has 0 aliphatic carbocycles. The van der Waals surface area contributed by atoms with Crippen molar-refractivity contribution in [3.8, 4) is 0 Å². The van der Waals surface area contributed by atoms with Crippen molar-refractivity contribution in [1.82, 2.24) is 4.90 Å². The summed E-state index contributed by atoms with van der Waals surface area (Å²) in [5.74, 6) is -0.662. The van der Waals surface area contributed by atoms with Crippen LogP contribution in [0.2, 0.25) is 0 Å². The molecule has 98 valence electrons. The summed E-state index contributed by atoms with van der Waals surface area (Å²) >= 11 is 0. The van der Waals surface area contributed by atoms with Crippen LogP contribution in [-0.2, 0) is 9.59 Å². The van der Waals surface area contributed by atoms with Gasteiger partial charge in [-0.2, -0.15) is 0 Å². The molecule has 0 aromatic heterocycles. The maximum atomic E-state index is 11.9. The smallest absolute Gasteiger partial charge is 0.305 e. The molecule has 1 heterocycles. The van der Waals surface area contributed by atoms with E-state index in [0.29, 0.717) is 6.42 Å². The Morgan fingerprint density at radius 3 is 2.71 bits per heavy atom. The fourth-order valence-corrected chi connectivity index (χ4v) is 2.42. The molecule has 0 spiro atoms. The number of hydrogen-bond acceptors (Lipinski definition) is 2. The summed E-state index contributed by atoms with van der Waals surface area (Å²) in [6.07, 6.45) is 6.83. The standard InChI is InChI=1S/C13H23NO3/c1-2-3-4-5-8-12(15)14-9-6-7-11(14)10-13(16)17/h11H,2-10H2,1H3,(H,16,17). The number of aliphatic carboxylic acids is 1. The lowest BCUT2D eigenvalue weighted by atomic mass is 10.1. The van der Waals surface area contributed by atoms with Gasteiger partial charge in [-0.15, -0.1) is 0 Å². The van der Waals surface area contributed by atoms with Crippen LogP contribution in [0.15, 0.2) is 0 Å². The Morgan fingerprint density at radius 2 is 2.06 bits per heavy atom. The van der Waals surface area contributed by atoms with E-state index in [1.165, 1.54) is 12.8 Å². The van der Waals surface area contributed by atoms with E-state index in [1.807, 2.05) is 0 Å². The fraction of sp³-hybridized carbons (Fsp3) is 0.846. The molecular weight excluding hydrogens is 218 g/mol. The lowest BCUT2D eigenvalue weighted by molar-refractivity contribution is -0.139. The maximum Gasteiger partial charge on any atom is 0.305 e. The van der Waals surface area contributed by atoms with Crippen molar-refractivity contribution in [3.05, 3.63) is 0 Å². The second-order valence-electron chi connectivity index (χ2n) is 4.79. The molecule has 0 saturated carbocycles. The van der Waals surface area contributed by atoms with Gasteiger partial charge in [-0.05, 0) is 19.3 Å². The average molecular weight is 241 g/mol. The molecule has 4 heteroatoms. The van der Waals surface area contributed by atoms with Crippen molar-refractivity contribution in [2.75, 3.05) is 6.54 Å². The van der Waals surface area contributed by atoms with Crippen molar-refractivity contribution in [2.45, 2.75) is 64.3 Å². The topological polar surface area (TPSA) is 57.6 Å². The van der Waals surface area contributed by atoms with Gasteiger partial charge in [0.2, 0.25) is 5.91 Å². The summed E-state index contributed by atoms with van der Waals surface area (Å²) in [7, 11) is 0. The van der Waals surface area contributed by atoms with Gasteiger partial charge < -0.3 is 10.0 Å². The molecule has 1 fully saturated rings. The number of likely N-dealkylation sites (tertiary alicyclic amines) is 1. The first-order chi connectivity index (χ1) is 8.15. The SMILES string of the molecule is CCCCCCC(=O)N1CCCC1CC(=O)O. The van der Waals surface area contributed by atoms with Crippen molar-refractivity contribution in [3.63, 3.8) is 0 Å². The third-order valence-electron chi connectivity index (χ3n) is 3.35.